The zero-order valence-corrected chi connectivity index (χ0v) is 9.18. The minimum atomic E-state index is 0.558. The summed E-state index contributed by atoms with van der Waals surface area (Å²) in [5, 5.41) is 0. The highest BCUT2D eigenvalue weighted by Gasteiger charge is 1.99. The molecular weight excluding hydrogens is 200 g/mol. The fourth-order valence-corrected chi connectivity index (χ4v) is 1.40. The quantitative estimate of drug-likeness (QED) is 0.854. The van der Waals surface area contributed by atoms with Gasteiger partial charge in [0.25, 0.3) is 0 Å². The lowest BCUT2D eigenvalue weighted by Gasteiger charge is -2.05. The molecule has 0 atom stereocenters. The molecule has 1 aromatic carbocycles. The van der Waals surface area contributed by atoms with Crippen molar-refractivity contribution in [2.45, 2.75) is 13.3 Å². The Morgan fingerprint density at radius 2 is 2.12 bits per heavy atom. The first kappa shape index (κ1) is 10.5. The lowest BCUT2D eigenvalue weighted by Crippen LogP contribution is -1.91. The zero-order chi connectivity index (χ0) is 11.4. The van der Waals surface area contributed by atoms with Crippen LogP contribution in [0.3, 0.4) is 0 Å². The molecule has 0 radical (unpaired) electrons. The molecule has 0 fully saturated rings. The molecule has 0 aliphatic rings. The topological polar surface area (TPSA) is 48.1 Å². The molecule has 0 aliphatic carbocycles. The second kappa shape index (κ2) is 4.66. The number of hydrogen-bond acceptors (Lipinski definition) is 3. The molecule has 0 amide bonds. The van der Waals surface area contributed by atoms with Gasteiger partial charge in [0.15, 0.2) is 0 Å². The molecule has 16 heavy (non-hydrogen) atoms. The molecule has 0 bridgehead atoms. The first-order chi connectivity index (χ1) is 7.78. The number of rotatable bonds is 3. The maximum Gasteiger partial charge on any atom is 0.219 e. The first-order valence-electron chi connectivity index (χ1n) is 5.26. The summed E-state index contributed by atoms with van der Waals surface area (Å²) >= 11 is 0. The van der Waals surface area contributed by atoms with E-state index in [4.69, 9.17) is 10.5 Å². The van der Waals surface area contributed by atoms with Crippen LogP contribution in [-0.2, 0) is 6.42 Å². The monoisotopic (exact) mass is 214 g/mol. The fraction of sp³-hybridized carbons (Fsp3) is 0.154. The van der Waals surface area contributed by atoms with Crippen molar-refractivity contribution in [1.82, 2.24) is 4.98 Å². The van der Waals surface area contributed by atoms with Crippen LogP contribution < -0.4 is 10.5 Å². The summed E-state index contributed by atoms with van der Waals surface area (Å²) in [6.07, 6.45) is 2.57. The van der Waals surface area contributed by atoms with E-state index in [9.17, 15) is 0 Å². The summed E-state index contributed by atoms with van der Waals surface area (Å²) in [6, 6.07) is 11.5. The van der Waals surface area contributed by atoms with Gasteiger partial charge in [-0.05, 0) is 30.2 Å². The molecule has 1 heterocycles. The van der Waals surface area contributed by atoms with E-state index in [0.29, 0.717) is 11.6 Å². The van der Waals surface area contributed by atoms with E-state index >= 15 is 0 Å². The summed E-state index contributed by atoms with van der Waals surface area (Å²) in [5.41, 5.74) is 7.43. The first-order valence-corrected chi connectivity index (χ1v) is 5.26. The predicted octanol–water partition coefficient (Wildman–Crippen LogP) is 3.02. The largest absolute Gasteiger partial charge is 0.439 e. The van der Waals surface area contributed by atoms with Crippen LogP contribution in [0.4, 0.5) is 5.69 Å². The van der Waals surface area contributed by atoms with E-state index in [0.717, 1.165) is 12.2 Å². The zero-order valence-electron chi connectivity index (χ0n) is 9.18. The van der Waals surface area contributed by atoms with Gasteiger partial charge in [-0.1, -0.05) is 19.1 Å². The van der Waals surface area contributed by atoms with Gasteiger partial charge in [0.1, 0.15) is 5.75 Å². The molecule has 0 unspecified atom stereocenters. The van der Waals surface area contributed by atoms with E-state index in [1.54, 1.807) is 18.3 Å². The Labute approximate surface area is 94.9 Å². The molecule has 0 spiro atoms. The highest BCUT2D eigenvalue weighted by atomic mass is 16.5. The van der Waals surface area contributed by atoms with E-state index < -0.39 is 0 Å². The van der Waals surface area contributed by atoms with Gasteiger partial charge in [0, 0.05) is 6.07 Å². The average molecular weight is 214 g/mol. The third-order valence-electron chi connectivity index (χ3n) is 2.29. The van der Waals surface area contributed by atoms with Gasteiger partial charge in [0.2, 0.25) is 5.88 Å². The number of benzene rings is 1. The number of aryl methyl sites for hydroxylation is 1. The number of nitrogens with zero attached hydrogens (tertiary/aromatic N) is 1. The van der Waals surface area contributed by atoms with Crippen LogP contribution in [0, 0.1) is 0 Å². The second-order valence-electron chi connectivity index (χ2n) is 3.53. The molecule has 2 aromatic rings. The summed E-state index contributed by atoms with van der Waals surface area (Å²) in [7, 11) is 0. The number of pyridine rings is 1. The summed E-state index contributed by atoms with van der Waals surface area (Å²) < 4.78 is 5.61. The highest BCUT2D eigenvalue weighted by molar-refractivity contribution is 5.38. The lowest BCUT2D eigenvalue weighted by molar-refractivity contribution is 0.462. The third-order valence-corrected chi connectivity index (χ3v) is 2.29. The molecule has 2 rings (SSSR count). The Bertz CT molecular complexity index is 466. The molecule has 2 N–H and O–H groups in total. The van der Waals surface area contributed by atoms with Crippen LogP contribution in [0.1, 0.15) is 12.5 Å². The highest BCUT2D eigenvalue weighted by Crippen LogP contribution is 2.20. The molecule has 0 saturated carbocycles. The van der Waals surface area contributed by atoms with E-state index in [-0.39, 0.29) is 0 Å². The van der Waals surface area contributed by atoms with E-state index in [2.05, 4.69) is 18.0 Å². The second-order valence-corrected chi connectivity index (χ2v) is 3.53. The maximum absolute atomic E-state index is 5.61. The van der Waals surface area contributed by atoms with Gasteiger partial charge in [-0.3, -0.25) is 0 Å². The normalized spacial score (nSPS) is 10.1. The number of anilines is 1. The minimum Gasteiger partial charge on any atom is -0.439 e. The van der Waals surface area contributed by atoms with Gasteiger partial charge in [-0.2, -0.15) is 0 Å². The van der Waals surface area contributed by atoms with Gasteiger partial charge >= 0.3 is 0 Å². The van der Waals surface area contributed by atoms with Crippen molar-refractivity contribution >= 4 is 5.69 Å². The van der Waals surface area contributed by atoms with Gasteiger partial charge in [-0.15, -0.1) is 0 Å². The molecule has 0 saturated heterocycles. The summed E-state index contributed by atoms with van der Waals surface area (Å²) in [4.78, 5) is 4.08. The maximum atomic E-state index is 5.61. The van der Waals surface area contributed by atoms with Crippen molar-refractivity contribution in [3.05, 3.63) is 48.2 Å². The van der Waals surface area contributed by atoms with Crippen LogP contribution >= 0.6 is 0 Å². The molecule has 3 heteroatoms. The van der Waals surface area contributed by atoms with Crippen LogP contribution in [0.5, 0.6) is 11.6 Å². The van der Waals surface area contributed by atoms with Crippen LogP contribution in [-0.4, -0.2) is 4.98 Å². The molecular formula is C13H14N2O. The Kier molecular flexibility index (Phi) is 3.05. The van der Waals surface area contributed by atoms with Crippen LogP contribution in [0.25, 0.3) is 0 Å². The molecule has 1 aromatic heterocycles. The van der Waals surface area contributed by atoms with Crippen molar-refractivity contribution in [3.8, 4) is 11.6 Å². The van der Waals surface area contributed by atoms with Crippen LogP contribution in [0.2, 0.25) is 0 Å². The van der Waals surface area contributed by atoms with Crippen molar-refractivity contribution in [2.24, 2.45) is 0 Å². The van der Waals surface area contributed by atoms with Crippen molar-refractivity contribution < 1.29 is 4.74 Å². The summed E-state index contributed by atoms with van der Waals surface area (Å²) in [6.45, 7) is 2.11. The SMILES string of the molecule is CCc1cccc(Oc2ccc(N)cn2)c1. The average Bonchev–Trinajstić information content (AvgIpc) is 2.32. The number of nitrogen functional groups attached to an aromatic ring is 1. The molecule has 3 nitrogen and oxygen atoms in total. The predicted molar refractivity (Wildman–Crippen MR) is 64.5 cm³/mol. The Hall–Kier alpha value is -2.03. The van der Waals surface area contributed by atoms with Gasteiger partial charge < -0.3 is 10.5 Å². The van der Waals surface area contributed by atoms with Crippen molar-refractivity contribution in [1.29, 1.82) is 0 Å². The smallest absolute Gasteiger partial charge is 0.219 e. The van der Waals surface area contributed by atoms with Crippen molar-refractivity contribution in [2.75, 3.05) is 5.73 Å². The molecule has 0 aliphatic heterocycles. The Morgan fingerprint density at radius 3 is 2.81 bits per heavy atom. The Morgan fingerprint density at radius 1 is 1.25 bits per heavy atom. The number of aromatic nitrogens is 1. The lowest BCUT2D eigenvalue weighted by atomic mass is 10.2. The van der Waals surface area contributed by atoms with E-state index in [1.807, 2.05) is 18.2 Å². The fourth-order valence-electron chi connectivity index (χ4n) is 1.40. The number of nitrogens with two attached hydrogens (primary N) is 1. The summed E-state index contributed by atoms with van der Waals surface area (Å²) in [5.74, 6) is 1.36. The minimum absolute atomic E-state index is 0.558. The third kappa shape index (κ3) is 2.51. The number of hydrogen-bond donors (Lipinski definition) is 1. The number of ether oxygens (including phenoxy) is 1. The van der Waals surface area contributed by atoms with Gasteiger partial charge in [0.05, 0.1) is 11.9 Å². The Balaban J connectivity index is 2.16. The molecule has 82 valence electrons. The van der Waals surface area contributed by atoms with Gasteiger partial charge in [-0.25, -0.2) is 4.98 Å². The standard InChI is InChI=1S/C13H14N2O/c1-2-10-4-3-5-12(8-10)16-13-7-6-11(14)9-15-13/h3-9H,2,14H2,1H3. The van der Waals surface area contributed by atoms with E-state index in [1.165, 1.54) is 5.56 Å². The van der Waals surface area contributed by atoms with Crippen LogP contribution in [0.15, 0.2) is 42.6 Å². The van der Waals surface area contributed by atoms with Crippen molar-refractivity contribution in [3.63, 3.8) is 0 Å².